The van der Waals surface area contributed by atoms with E-state index in [0.717, 1.165) is 0 Å². The third-order valence-corrected chi connectivity index (χ3v) is 7.47. The molecule has 34 heavy (non-hydrogen) atoms. The van der Waals surface area contributed by atoms with Gasteiger partial charge < -0.3 is 28.4 Å². The van der Waals surface area contributed by atoms with Gasteiger partial charge in [0.1, 0.15) is 0 Å². The lowest BCUT2D eigenvalue weighted by atomic mass is 9.81. The molecule has 2 fully saturated rings. The molecule has 6 unspecified atom stereocenters. The van der Waals surface area contributed by atoms with Crippen molar-refractivity contribution in [2.75, 3.05) is 25.0 Å². The molecule has 8 nitrogen and oxygen atoms in total. The average molecular weight is 505 g/mol. The molecule has 0 aromatic heterocycles. The molecule has 0 spiro atoms. The highest BCUT2D eigenvalue weighted by molar-refractivity contribution is 6.30. The first kappa shape index (κ1) is 21.1. The molecule has 7 heterocycles. The van der Waals surface area contributed by atoms with Crippen molar-refractivity contribution < 1.29 is 38.0 Å². The summed E-state index contributed by atoms with van der Waals surface area (Å²) in [6.07, 6.45) is -3.52. The summed E-state index contributed by atoms with van der Waals surface area (Å²) < 4.78 is 36.2. The summed E-state index contributed by atoms with van der Waals surface area (Å²) in [4.78, 5) is 27.0. The van der Waals surface area contributed by atoms with Crippen molar-refractivity contribution in [1.29, 1.82) is 0 Å². The van der Waals surface area contributed by atoms with E-state index in [1.54, 1.807) is 24.3 Å². The zero-order chi connectivity index (χ0) is 23.1. The number of carbonyl (C=O) groups is 2. The van der Waals surface area contributed by atoms with E-state index >= 15 is 0 Å². The van der Waals surface area contributed by atoms with Gasteiger partial charge in [-0.15, -0.1) is 23.2 Å². The van der Waals surface area contributed by atoms with Crippen molar-refractivity contribution in [1.82, 2.24) is 0 Å². The monoisotopic (exact) mass is 504 g/mol. The summed E-state index contributed by atoms with van der Waals surface area (Å²) >= 11 is 11.9. The van der Waals surface area contributed by atoms with E-state index < -0.39 is 24.8 Å². The van der Waals surface area contributed by atoms with Gasteiger partial charge in [-0.1, -0.05) is 6.07 Å². The summed E-state index contributed by atoms with van der Waals surface area (Å²) in [6.45, 7) is 0.639. The molecule has 2 saturated heterocycles. The summed E-state index contributed by atoms with van der Waals surface area (Å²) in [7, 11) is 0. The van der Waals surface area contributed by atoms with Crippen molar-refractivity contribution in [3.63, 3.8) is 0 Å². The number of fused-ring (bicyclic) bond motifs is 1. The second-order valence-electron chi connectivity index (χ2n) is 8.82. The average Bonchev–Trinajstić information content (AvgIpc) is 3.57. The fourth-order valence-electron chi connectivity index (χ4n) is 5.13. The first-order valence-electron chi connectivity index (χ1n) is 11.0. The smallest absolute Gasteiger partial charge is 0.199 e. The maximum Gasteiger partial charge on any atom is 0.199 e. The lowest BCUT2D eigenvalue weighted by Gasteiger charge is -2.29. The van der Waals surface area contributed by atoms with Crippen LogP contribution >= 0.6 is 23.2 Å². The number of carbonyl (C=O) groups excluding carboxylic acids is 2. The van der Waals surface area contributed by atoms with Gasteiger partial charge in [-0.25, -0.2) is 0 Å². The third-order valence-electron chi connectivity index (χ3n) is 6.78. The Morgan fingerprint density at radius 2 is 1.44 bits per heavy atom. The van der Waals surface area contributed by atoms with E-state index in [0.29, 0.717) is 41.2 Å². The molecular formula is C24H18Cl2O8. The minimum absolute atomic E-state index is 0.186. The van der Waals surface area contributed by atoms with E-state index in [4.69, 9.17) is 51.6 Å². The number of ether oxygens (including phenoxy) is 6. The van der Waals surface area contributed by atoms with Crippen LogP contribution in [-0.2, 0) is 18.9 Å². The Morgan fingerprint density at radius 3 is 2.12 bits per heavy atom. The highest BCUT2D eigenvalue weighted by Gasteiger charge is 2.49. The molecule has 6 atom stereocenters. The minimum atomic E-state index is -0.760. The molecule has 176 valence electrons. The van der Waals surface area contributed by atoms with Gasteiger partial charge in [-0.3, -0.25) is 9.59 Å². The molecule has 1 aliphatic carbocycles. The van der Waals surface area contributed by atoms with Crippen LogP contribution < -0.4 is 9.47 Å². The van der Waals surface area contributed by atoms with Crippen LogP contribution in [0.5, 0.6) is 11.5 Å². The lowest BCUT2D eigenvalue weighted by molar-refractivity contribution is -0.121. The Kier molecular flexibility index (Phi) is 4.75. The topological polar surface area (TPSA) is 89.5 Å². The Balaban J connectivity index is 1.39. The predicted octanol–water partition coefficient (Wildman–Crippen LogP) is 3.29. The zero-order valence-corrected chi connectivity index (χ0v) is 19.1. The van der Waals surface area contributed by atoms with Gasteiger partial charge >= 0.3 is 0 Å². The summed E-state index contributed by atoms with van der Waals surface area (Å²) in [5, 5.41) is 0. The first-order valence-corrected chi connectivity index (χ1v) is 12.1. The molecule has 8 aliphatic rings. The molecule has 10 rings (SSSR count). The number of hydrogen-bond donors (Lipinski definition) is 0. The van der Waals surface area contributed by atoms with Crippen molar-refractivity contribution in [3.05, 3.63) is 57.6 Å². The van der Waals surface area contributed by atoms with Crippen LogP contribution in [0.4, 0.5) is 0 Å². The molecule has 10 heteroatoms. The summed E-state index contributed by atoms with van der Waals surface area (Å²) in [5.74, 6) is 0.576. The SMILES string of the molecule is O=C1c2cc3ccc2C(=O)c2c1cc1c(c2OC1C1OCC(CCl)O1)OC3C1OCC(CCl)O1. The summed E-state index contributed by atoms with van der Waals surface area (Å²) in [6, 6.07) is 6.74. The van der Waals surface area contributed by atoms with E-state index in [1.165, 1.54) is 0 Å². The van der Waals surface area contributed by atoms with Crippen LogP contribution in [0.2, 0.25) is 0 Å². The van der Waals surface area contributed by atoms with Crippen LogP contribution in [0.3, 0.4) is 0 Å². The Morgan fingerprint density at radius 1 is 0.765 bits per heavy atom. The number of rotatable bonds is 4. The maximum absolute atomic E-state index is 13.5. The fraction of sp³-hybridized carbons (Fsp3) is 0.417. The third kappa shape index (κ3) is 2.87. The van der Waals surface area contributed by atoms with E-state index in [2.05, 4.69) is 0 Å². The fourth-order valence-corrected chi connectivity index (χ4v) is 5.46. The van der Waals surface area contributed by atoms with E-state index in [1.807, 2.05) is 0 Å². The second kappa shape index (κ2) is 7.65. The van der Waals surface area contributed by atoms with Gasteiger partial charge in [0.05, 0.1) is 42.7 Å². The maximum atomic E-state index is 13.5. The Bertz CT molecular complexity index is 1250. The van der Waals surface area contributed by atoms with Crippen LogP contribution in [0.15, 0.2) is 24.3 Å². The molecule has 2 aromatic rings. The number of hydrogen-bond acceptors (Lipinski definition) is 8. The van der Waals surface area contributed by atoms with E-state index in [9.17, 15) is 9.59 Å². The number of alkyl halides is 2. The van der Waals surface area contributed by atoms with Gasteiger partial charge in [-0.05, 0) is 23.8 Å². The van der Waals surface area contributed by atoms with Crippen molar-refractivity contribution in [3.8, 4) is 11.5 Å². The van der Waals surface area contributed by atoms with Crippen molar-refractivity contribution in [2.45, 2.75) is 37.0 Å². The molecule has 8 bridgehead atoms. The highest BCUT2D eigenvalue weighted by Crippen LogP contribution is 2.55. The van der Waals surface area contributed by atoms with Gasteiger partial charge in [0, 0.05) is 22.3 Å². The number of benzene rings is 2. The van der Waals surface area contributed by atoms with Crippen LogP contribution in [-0.4, -0.2) is 61.3 Å². The molecule has 0 saturated carbocycles. The summed E-state index contributed by atoms with van der Waals surface area (Å²) in [5.41, 5.74) is 2.33. The van der Waals surface area contributed by atoms with Crippen LogP contribution in [0, 0.1) is 0 Å². The van der Waals surface area contributed by atoms with Crippen LogP contribution in [0.1, 0.15) is 55.2 Å². The minimum Gasteiger partial charge on any atom is -0.476 e. The van der Waals surface area contributed by atoms with Gasteiger partial charge in [0.25, 0.3) is 0 Å². The Labute approximate surface area is 203 Å². The molecule has 7 aliphatic heterocycles. The molecule has 0 amide bonds. The van der Waals surface area contributed by atoms with Gasteiger partial charge in [0.15, 0.2) is 47.9 Å². The molecular weight excluding hydrogens is 487 g/mol. The van der Waals surface area contributed by atoms with E-state index in [-0.39, 0.29) is 52.4 Å². The molecule has 2 aromatic carbocycles. The largest absolute Gasteiger partial charge is 0.476 e. The normalized spacial score (nSPS) is 32.5. The molecule has 0 radical (unpaired) electrons. The van der Waals surface area contributed by atoms with Crippen molar-refractivity contribution in [2.24, 2.45) is 0 Å². The number of ketones is 2. The molecule has 0 N–H and O–H groups in total. The van der Waals surface area contributed by atoms with Gasteiger partial charge in [0.2, 0.25) is 0 Å². The Hall–Kier alpha value is -2.20. The lowest BCUT2D eigenvalue weighted by Crippen LogP contribution is -2.29. The standard InChI is InChI=1S/C24H18Cl2O8/c25-5-10-7-29-23(31-10)19-9-1-2-12-13(3-9)17(27)14-4-15-20(33-19)22(16(14)18(12)28)34-21(15)24-30-8-11(6-26)32-24/h1-4,10-11,19,21,23-24H,5-8H2. The quantitative estimate of drug-likeness (QED) is 0.500. The van der Waals surface area contributed by atoms with Crippen LogP contribution in [0.25, 0.3) is 0 Å². The van der Waals surface area contributed by atoms with Gasteiger partial charge in [-0.2, -0.15) is 0 Å². The van der Waals surface area contributed by atoms with Crippen molar-refractivity contribution >= 4 is 34.8 Å². The second-order valence-corrected chi connectivity index (χ2v) is 9.43. The number of halogens is 2. The highest BCUT2D eigenvalue weighted by atomic mass is 35.5. The zero-order valence-electron chi connectivity index (χ0n) is 17.6. The predicted molar refractivity (Wildman–Crippen MR) is 117 cm³/mol. The first-order chi connectivity index (χ1) is 16.6.